The lowest BCUT2D eigenvalue weighted by Gasteiger charge is -2.18. The number of alkyl halides is 3. The molecule has 0 saturated heterocycles. The quantitative estimate of drug-likeness (QED) is 0.264. The lowest BCUT2D eigenvalue weighted by Crippen LogP contribution is -2.23. The van der Waals surface area contributed by atoms with E-state index in [1.807, 2.05) is 0 Å². The maximum absolute atomic E-state index is 14.3. The first kappa shape index (κ1) is 27.2. The number of fused-ring (bicyclic) bond motifs is 2. The van der Waals surface area contributed by atoms with Crippen molar-refractivity contribution in [1.82, 2.24) is 34.1 Å². The Morgan fingerprint density at radius 2 is 1.90 bits per heavy atom. The van der Waals surface area contributed by atoms with Gasteiger partial charge in [-0.15, -0.1) is 0 Å². The van der Waals surface area contributed by atoms with Crippen LogP contribution in [-0.4, -0.2) is 46.9 Å². The average molecular weight is 601 g/mol. The molecule has 16 heteroatoms. The Balaban J connectivity index is 1.54. The van der Waals surface area contributed by atoms with Gasteiger partial charge < -0.3 is 10.5 Å². The van der Waals surface area contributed by atoms with Gasteiger partial charge in [-0.1, -0.05) is 23.5 Å². The minimum absolute atomic E-state index is 0.00189. The summed E-state index contributed by atoms with van der Waals surface area (Å²) < 4.78 is 73.5. The first-order chi connectivity index (χ1) is 20.0. The molecule has 0 saturated carbocycles. The number of nitrogen functional groups attached to an aromatic ring is 1. The number of nitrogens with two attached hydrogens (primary N) is 1. The van der Waals surface area contributed by atoms with Crippen LogP contribution in [0.1, 0.15) is 18.7 Å². The van der Waals surface area contributed by atoms with Gasteiger partial charge in [0.05, 0.1) is 33.8 Å². The van der Waals surface area contributed by atoms with E-state index in [9.17, 15) is 26.7 Å². The maximum Gasteiger partial charge on any atom is 0.422 e. The minimum atomic E-state index is -4.55. The number of thiazole rings is 1. The molecule has 1 aromatic carbocycles. The van der Waals surface area contributed by atoms with Crippen LogP contribution in [-0.2, 0) is 0 Å². The van der Waals surface area contributed by atoms with Crippen molar-refractivity contribution in [3.05, 3.63) is 82.8 Å². The molecule has 6 aromatic rings. The molecule has 6 rings (SSSR count). The SMILES string of the molecule is C[C@@H](c1nc2ccc(F)cn2c(=O)c1-c1cccc(F)c1)n1nc(-c2cnc(OCC(F)(F)F)s2)c2c(N)ncnc21. The first-order valence-corrected chi connectivity index (χ1v) is 12.9. The summed E-state index contributed by atoms with van der Waals surface area (Å²) in [6, 6.07) is 6.96. The van der Waals surface area contributed by atoms with Gasteiger partial charge in [-0.3, -0.25) is 9.20 Å². The first-order valence-electron chi connectivity index (χ1n) is 12.1. The van der Waals surface area contributed by atoms with Crippen LogP contribution in [0.2, 0.25) is 0 Å². The van der Waals surface area contributed by atoms with Crippen LogP contribution < -0.4 is 16.0 Å². The molecule has 10 nitrogen and oxygen atoms in total. The molecule has 0 radical (unpaired) electrons. The highest BCUT2D eigenvalue weighted by atomic mass is 32.1. The van der Waals surface area contributed by atoms with Crippen molar-refractivity contribution in [2.75, 3.05) is 12.3 Å². The lowest BCUT2D eigenvalue weighted by molar-refractivity contribution is -0.153. The molecule has 1 atom stereocenters. The van der Waals surface area contributed by atoms with E-state index in [2.05, 4.69) is 25.0 Å². The van der Waals surface area contributed by atoms with E-state index in [0.29, 0.717) is 4.88 Å². The van der Waals surface area contributed by atoms with Crippen LogP contribution in [0.4, 0.5) is 27.8 Å². The average Bonchev–Trinajstić information content (AvgIpc) is 3.57. The summed E-state index contributed by atoms with van der Waals surface area (Å²) in [6.07, 6.45) is -1.08. The molecule has 0 aliphatic heterocycles. The van der Waals surface area contributed by atoms with E-state index in [1.165, 1.54) is 41.5 Å². The fraction of sp³-hybridized carbons (Fsp3) is 0.154. The molecule has 0 bridgehead atoms. The van der Waals surface area contributed by atoms with Gasteiger partial charge in [-0.05, 0) is 36.8 Å². The summed E-state index contributed by atoms with van der Waals surface area (Å²) in [5.74, 6) is -1.24. The van der Waals surface area contributed by atoms with Crippen molar-refractivity contribution in [2.24, 2.45) is 0 Å². The predicted octanol–water partition coefficient (Wildman–Crippen LogP) is 5.04. The number of ether oxygens (including phenoxy) is 1. The van der Waals surface area contributed by atoms with Gasteiger partial charge in [0.15, 0.2) is 12.3 Å². The van der Waals surface area contributed by atoms with Crippen LogP contribution in [0.3, 0.4) is 0 Å². The molecule has 42 heavy (non-hydrogen) atoms. The number of halogens is 5. The molecule has 0 aliphatic rings. The summed E-state index contributed by atoms with van der Waals surface area (Å²) in [6.45, 7) is 0.150. The topological polar surface area (TPSA) is 126 Å². The molecule has 5 heterocycles. The summed E-state index contributed by atoms with van der Waals surface area (Å²) in [5.41, 5.74) is 6.46. The summed E-state index contributed by atoms with van der Waals surface area (Å²) in [5, 5.41) is 4.68. The monoisotopic (exact) mass is 600 g/mol. The molecule has 0 aliphatic carbocycles. The predicted molar refractivity (Wildman–Crippen MR) is 143 cm³/mol. The molecular formula is C26H17F5N8O2S. The second kappa shape index (κ2) is 10.1. The van der Waals surface area contributed by atoms with Gasteiger partial charge in [0.2, 0.25) is 0 Å². The Morgan fingerprint density at radius 3 is 2.67 bits per heavy atom. The molecular weight excluding hydrogens is 583 g/mol. The standard InChI is InChI=1S/C26H17F5N8O2S/c1-12(20-18(13-3-2-4-14(27)7-13)24(40)38-9-15(28)5-6-17(38)36-20)39-23-19(22(32)34-11-35-23)21(37-39)16-8-33-25(42-16)41-10-26(29,30)31/h2-9,11-12H,10H2,1H3,(H2,32,34,35)/t12-/m0/s1. The number of nitrogens with zero attached hydrogens (tertiary/aromatic N) is 7. The van der Waals surface area contributed by atoms with Crippen LogP contribution in [0.25, 0.3) is 38.4 Å². The third kappa shape index (κ3) is 4.89. The Hall–Kier alpha value is -4.99. The van der Waals surface area contributed by atoms with E-state index >= 15 is 0 Å². The second-order valence-corrected chi connectivity index (χ2v) is 10.1. The van der Waals surface area contributed by atoms with Crippen molar-refractivity contribution in [3.8, 4) is 26.9 Å². The van der Waals surface area contributed by atoms with Crippen LogP contribution in [0.5, 0.6) is 5.19 Å². The zero-order valence-electron chi connectivity index (χ0n) is 21.3. The van der Waals surface area contributed by atoms with Gasteiger partial charge in [-0.2, -0.15) is 18.3 Å². The second-order valence-electron chi connectivity index (χ2n) is 9.08. The molecule has 5 aromatic heterocycles. The van der Waals surface area contributed by atoms with Crippen molar-refractivity contribution in [3.63, 3.8) is 0 Å². The lowest BCUT2D eigenvalue weighted by atomic mass is 10.0. The number of hydrogen-bond donors (Lipinski definition) is 1. The van der Waals surface area contributed by atoms with Crippen LogP contribution in [0, 0.1) is 11.6 Å². The van der Waals surface area contributed by atoms with Gasteiger partial charge in [0, 0.05) is 6.20 Å². The summed E-state index contributed by atoms with van der Waals surface area (Å²) in [7, 11) is 0. The summed E-state index contributed by atoms with van der Waals surface area (Å²) >= 11 is 0.812. The van der Waals surface area contributed by atoms with Gasteiger partial charge in [0.25, 0.3) is 10.8 Å². The minimum Gasteiger partial charge on any atom is -0.460 e. The highest BCUT2D eigenvalue weighted by molar-refractivity contribution is 7.16. The van der Waals surface area contributed by atoms with Crippen molar-refractivity contribution >= 4 is 33.8 Å². The third-order valence-electron chi connectivity index (χ3n) is 6.29. The Bertz CT molecular complexity index is 2040. The fourth-order valence-electron chi connectivity index (χ4n) is 4.48. The van der Waals surface area contributed by atoms with Gasteiger partial charge in [0.1, 0.15) is 35.1 Å². The Labute approximate surface area is 235 Å². The maximum atomic E-state index is 14.3. The number of benzene rings is 1. The van der Waals surface area contributed by atoms with E-state index in [1.54, 1.807) is 6.92 Å². The van der Waals surface area contributed by atoms with E-state index in [0.717, 1.165) is 34.1 Å². The molecule has 214 valence electrons. The Morgan fingerprint density at radius 1 is 1.10 bits per heavy atom. The number of pyridine rings is 1. The van der Waals surface area contributed by atoms with Crippen molar-refractivity contribution < 1.29 is 26.7 Å². The molecule has 2 N–H and O–H groups in total. The van der Waals surface area contributed by atoms with Gasteiger partial charge in [-0.25, -0.2) is 33.4 Å². The third-order valence-corrected chi connectivity index (χ3v) is 7.20. The van der Waals surface area contributed by atoms with Gasteiger partial charge >= 0.3 is 6.18 Å². The molecule has 0 spiro atoms. The molecule has 0 unspecified atom stereocenters. The highest BCUT2D eigenvalue weighted by Gasteiger charge is 2.30. The number of hydrogen-bond acceptors (Lipinski definition) is 9. The molecule has 0 fully saturated rings. The van der Waals surface area contributed by atoms with Crippen molar-refractivity contribution in [2.45, 2.75) is 19.1 Å². The zero-order chi connectivity index (χ0) is 29.8. The number of anilines is 1. The normalized spacial score (nSPS) is 12.7. The number of aromatic nitrogens is 7. The summed E-state index contributed by atoms with van der Waals surface area (Å²) in [4.78, 5) is 30.9. The Kier molecular flexibility index (Phi) is 6.56. The van der Waals surface area contributed by atoms with Crippen molar-refractivity contribution in [1.29, 1.82) is 0 Å². The largest absolute Gasteiger partial charge is 0.460 e. The zero-order valence-corrected chi connectivity index (χ0v) is 22.1. The van der Waals surface area contributed by atoms with Crippen LogP contribution in [0.15, 0.2) is 59.9 Å². The van der Waals surface area contributed by atoms with Crippen LogP contribution >= 0.6 is 11.3 Å². The molecule has 0 amide bonds. The number of rotatable bonds is 6. The van der Waals surface area contributed by atoms with E-state index in [4.69, 9.17) is 10.5 Å². The van der Waals surface area contributed by atoms with E-state index < -0.39 is 36.0 Å². The smallest absolute Gasteiger partial charge is 0.422 e. The fourth-order valence-corrected chi connectivity index (χ4v) is 5.24. The van der Waals surface area contributed by atoms with E-state index in [-0.39, 0.29) is 50.2 Å². The highest BCUT2D eigenvalue weighted by Crippen LogP contribution is 2.38.